The molecule has 0 saturated carbocycles. The molecular formula is C9H18N2O. The Morgan fingerprint density at radius 3 is 3.17 bits per heavy atom. The van der Waals surface area contributed by atoms with Crippen molar-refractivity contribution in [2.45, 2.75) is 32.2 Å². The minimum Gasteiger partial charge on any atom is -0.382 e. The number of hydrogen-bond donors (Lipinski definition) is 0. The summed E-state index contributed by atoms with van der Waals surface area (Å²) in [6, 6.07) is 0.512. The van der Waals surface area contributed by atoms with Gasteiger partial charge in [-0.2, -0.15) is 5.10 Å². The van der Waals surface area contributed by atoms with Gasteiger partial charge in [0.15, 0.2) is 0 Å². The lowest BCUT2D eigenvalue weighted by molar-refractivity contribution is 0.118. The molecule has 0 bridgehead atoms. The summed E-state index contributed by atoms with van der Waals surface area (Å²) in [5.41, 5.74) is 0. The van der Waals surface area contributed by atoms with Crippen LogP contribution in [0.3, 0.4) is 0 Å². The van der Waals surface area contributed by atoms with E-state index < -0.39 is 0 Å². The fourth-order valence-electron chi connectivity index (χ4n) is 1.52. The van der Waals surface area contributed by atoms with Gasteiger partial charge in [0.2, 0.25) is 0 Å². The minimum atomic E-state index is 0.512. The summed E-state index contributed by atoms with van der Waals surface area (Å²) in [5.74, 6) is 0. The molecule has 1 aliphatic heterocycles. The van der Waals surface area contributed by atoms with Gasteiger partial charge in [-0.05, 0) is 19.3 Å². The third kappa shape index (κ3) is 2.48. The molecule has 1 rings (SSSR count). The van der Waals surface area contributed by atoms with E-state index in [1.165, 1.54) is 12.8 Å². The quantitative estimate of drug-likeness (QED) is 0.597. The summed E-state index contributed by atoms with van der Waals surface area (Å²) in [5, 5.41) is 6.52. The van der Waals surface area contributed by atoms with Crippen LogP contribution in [0, 0.1) is 0 Å². The Labute approximate surface area is 74.4 Å². The van der Waals surface area contributed by atoms with Crippen molar-refractivity contribution in [3.05, 3.63) is 0 Å². The van der Waals surface area contributed by atoms with Gasteiger partial charge in [0.25, 0.3) is 0 Å². The number of rotatable bonds is 4. The molecule has 0 aliphatic carbocycles. The summed E-state index contributed by atoms with van der Waals surface area (Å²) in [7, 11) is 1.75. The van der Waals surface area contributed by atoms with Gasteiger partial charge in [-0.15, -0.1) is 0 Å². The van der Waals surface area contributed by atoms with Crippen molar-refractivity contribution < 1.29 is 4.74 Å². The lowest BCUT2D eigenvalue weighted by Crippen LogP contribution is -2.28. The average Bonchev–Trinajstić information content (AvgIpc) is 2.50. The van der Waals surface area contributed by atoms with Crippen LogP contribution in [0.4, 0.5) is 0 Å². The number of ether oxygens (including phenoxy) is 1. The van der Waals surface area contributed by atoms with Crippen LogP contribution in [0.25, 0.3) is 0 Å². The highest BCUT2D eigenvalue weighted by molar-refractivity contribution is 5.56. The zero-order valence-corrected chi connectivity index (χ0v) is 7.99. The van der Waals surface area contributed by atoms with Gasteiger partial charge in [0.1, 0.15) is 0 Å². The van der Waals surface area contributed by atoms with E-state index in [-0.39, 0.29) is 0 Å². The first-order valence-corrected chi connectivity index (χ1v) is 4.66. The second kappa shape index (κ2) is 5.14. The molecule has 1 aliphatic rings. The third-order valence-corrected chi connectivity index (χ3v) is 2.12. The summed E-state index contributed by atoms with van der Waals surface area (Å²) >= 11 is 0. The third-order valence-electron chi connectivity index (χ3n) is 2.12. The molecule has 3 nitrogen and oxygen atoms in total. The Kier molecular flexibility index (Phi) is 4.08. The van der Waals surface area contributed by atoms with Crippen LogP contribution in [0.1, 0.15) is 26.2 Å². The molecule has 1 heterocycles. The lowest BCUT2D eigenvalue weighted by Gasteiger charge is -2.20. The molecule has 0 spiro atoms. The molecule has 0 radical (unpaired) electrons. The zero-order valence-electron chi connectivity index (χ0n) is 7.99. The second-order valence-corrected chi connectivity index (χ2v) is 3.12. The van der Waals surface area contributed by atoms with E-state index in [4.69, 9.17) is 4.74 Å². The fraction of sp³-hybridized carbons (Fsp3) is 0.889. The highest BCUT2D eigenvalue weighted by Gasteiger charge is 2.22. The first-order chi connectivity index (χ1) is 5.88. The molecule has 1 fully saturated rings. The normalized spacial score (nSPS) is 24.2. The van der Waals surface area contributed by atoms with Crippen LogP contribution in [0.2, 0.25) is 0 Å². The number of methoxy groups -OCH3 is 1. The van der Waals surface area contributed by atoms with Gasteiger partial charge in [-0.3, -0.25) is 5.01 Å². The van der Waals surface area contributed by atoms with E-state index in [1.54, 1.807) is 7.11 Å². The standard InChI is InChI=1S/C9H18N2O/c1-3-6-10-11-7-4-5-9(11)8-12-2/h6,9H,3-5,7-8H2,1-2H3/b10-6+/t9-/m0/s1. The predicted octanol–water partition coefficient (Wildman–Crippen LogP) is 1.49. The fourth-order valence-corrected chi connectivity index (χ4v) is 1.52. The molecule has 1 atom stereocenters. The number of hydrogen-bond acceptors (Lipinski definition) is 3. The van der Waals surface area contributed by atoms with E-state index in [2.05, 4.69) is 17.0 Å². The van der Waals surface area contributed by atoms with Gasteiger partial charge in [-0.25, -0.2) is 0 Å². The maximum Gasteiger partial charge on any atom is 0.0704 e. The number of hydrazone groups is 1. The maximum atomic E-state index is 5.12. The topological polar surface area (TPSA) is 24.8 Å². The van der Waals surface area contributed by atoms with E-state index in [1.807, 2.05) is 6.21 Å². The van der Waals surface area contributed by atoms with Gasteiger partial charge < -0.3 is 4.74 Å². The van der Waals surface area contributed by atoms with Crippen molar-refractivity contribution in [2.75, 3.05) is 20.3 Å². The van der Waals surface area contributed by atoms with E-state index in [0.717, 1.165) is 19.6 Å². The van der Waals surface area contributed by atoms with E-state index >= 15 is 0 Å². The lowest BCUT2D eigenvalue weighted by atomic mass is 10.2. The molecule has 1 saturated heterocycles. The molecule has 3 heteroatoms. The first-order valence-electron chi connectivity index (χ1n) is 4.66. The molecule has 12 heavy (non-hydrogen) atoms. The first kappa shape index (κ1) is 9.52. The zero-order chi connectivity index (χ0) is 8.81. The molecule has 0 aromatic heterocycles. The van der Waals surface area contributed by atoms with Gasteiger partial charge in [0.05, 0.1) is 12.6 Å². The SMILES string of the molecule is CC/C=N/N1CCC[C@H]1COC. The van der Waals surface area contributed by atoms with Crippen LogP contribution in [0.5, 0.6) is 0 Å². The predicted molar refractivity (Wildman–Crippen MR) is 50.4 cm³/mol. The molecule has 0 N–H and O–H groups in total. The smallest absolute Gasteiger partial charge is 0.0704 e. The van der Waals surface area contributed by atoms with Crippen molar-refractivity contribution in [3.63, 3.8) is 0 Å². The van der Waals surface area contributed by atoms with Crippen molar-refractivity contribution in [2.24, 2.45) is 5.10 Å². The molecule has 70 valence electrons. The Bertz CT molecular complexity index is 147. The molecule has 0 aromatic carbocycles. The van der Waals surface area contributed by atoms with Crippen molar-refractivity contribution in [1.29, 1.82) is 0 Å². The maximum absolute atomic E-state index is 5.12. The van der Waals surface area contributed by atoms with Gasteiger partial charge in [-0.1, -0.05) is 6.92 Å². The van der Waals surface area contributed by atoms with E-state index in [0.29, 0.717) is 6.04 Å². The van der Waals surface area contributed by atoms with Crippen LogP contribution in [-0.2, 0) is 4.74 Å². The van der Waals surface area contributed by atoms with Crippen LogP contribution in [0.15, 0.2) is 5.10 Å². The second-order valence-electron chi connectivity index (χ2n) is 3.12. The molecule has 0 aromatic rings. The Morgan fingerprint density at radius 2 is 2.50 bits per heavy atom. The summed E-state index contributed by atoms with van der Waals surface area (Å²) < 4.78 is 5.12. The average molecular weight is 170 g/mol. The van der Waals surface area contributed by atoms with Gasteiger partial charge >= 0.3 is 0 Å². The van der Waals surface area contributed by atoms with Crippen molar-refractivity contribution in [3.8, 4) is 0 Å². The molecule has 0 unspecified atom stereocenters. The Hall–Kier alpha value is -0.570. The molecular weight excluding hydrogens is 152 g/mol. The monoisotopic (exact) mass is 170 g/mol. The van der Waals surface area contributed by atoms with Crippen molar-refractivity contribution in [1.82, 2.24) is 5.01 Å². The van der Waals surface area contributed by atoms with E-state index in [9.17, 15) is 0 Å². The van der Waals surface area contributed by atoms with Crippen molar-refractivity contribution >= 4 is 6.21 Å². The number of nitrogens with zero attached hydrogens (tertiary/aromatic N) is 2. The summed E-state index contributed by atoms with van der Waals surface area (Å²) in [6.45, 7) is 4.00. The highest BCUT2D eigenvalue weighted by atomic mass is 16.5. The Balaban J connectivity index is 2.35. The largest absolute Gasteiger partial charge is 0.382 e. The summed E-state index contributed by atoms with van der Waals surface area (Å²) in [6.07, 6.45) is 5.44. The highest BCUT2D eigenvalue weighted by Crippen LogP contribution is 2.16. The van der Waals surface area contributed by atoms with Crippen LogP contribution >= 0.6 is 0 Å². The molecule has 0 amide bonds. The minimum absolute atomic E-state index is 0.512. The Morgan fingerprint density at radius 1 is 1.67 bits per heavy atom. The van der Waals surface area contributed by atoms with Crippen LogP contribution in [-0.4, -0.2) is 37.5 Å². The van der Waals surface area contributed by atoms with Crippen LogP contribution < -0.4 is 0 Å². The van der Waals surface area contributed by atoms with Gasteiger partial charge in [0, 0.05) is 19.9 Å². The summed E-state index contributed by atoms with van der Waals surface area (Å²) in [4.78, 5) is 0.